The van der Waals surface area contributed by atoms with Gasteiger partial charge in [0.15, 0.2) is 11.1 Å². The molecule has 0 radical (unpaired) electrons. The molecule has 0 spiro atoms. The van der Waals surface area contributed by atoms with Crippen LogP contribution in [0.2, 0.25) is 0 Å². The molecule has 0 saturated heterocycles. The van der Waals surface area contributed by atoms with Crippen molar-refractivity contribution in [1.29, 1.82) is 0 Å². The Bertz CT molecular complexity index is 980. The number of nitrogens with zero attached hydrogens (tertiary/aromatic N) is 1. The molecule has 114 valence electrons. The van der Waals surface area contributed by atoms with Crippen molar-refractivity contribution in [3.63, 3.8) is 0 Å². The number of fused-ring (bicyclic) bond motifs is 1. The van der Waals surface area contributed by atoms with E-state index in [1.807, 2.05) is 6.07 Å². The number of imidazole rings is 1. The van der Waals surface area contributed by atoms with Crippen LogP contribution in [0.15, 0.2) is 52.3 Å². The van der Waals surface area contributed by atoms with Gasteiger partial charge < -0.3 is 9.54 Å². The van der Waals surface area contributed by atoms with Crippen molar-refractivity contribution in [2.75, 3.05) is 0 Å². The molecule has 1 heterocycles. The molecule has 9 heteroatoms. The minimum Gasteiger partial charge on any atom is -0.338 e. The summed E-state index contributed by atoms with van der Waals surface area (Å²) in [7, 11) is -4.50. The topological polar surface area (TPSA) is 120 Å². The van der Waals surface area contributed by atoms with Gasteiger partial charge in [0.25, 0.3) is 10.1 Å². The van der Waals surface area contributed by atoms with Gasteiger partial charge in [-0.15, -0.1) is 0 Å². The lowest BCUT2D eigenvalue weighted by atomic mass is 10.2. The largest absolute Gasteiger partial charge is 0.338 e. The monoisotopic (exact) mass is 338 g/mol. The average Bonchev–Trinajstić information content (AvgIpc) is 2.89. The van der Waals surface area contributed by atoms with Crippen LogP contribution in [0.5, 0.6) is 0 Å². The van der Waals surface area contributed by atoms with Gasteiger partial charge in [-0.05, 0) is 12.1 Å². The lowest BCUT2D eigenvalue weighted by Gasteiger charge is -2.01. The van der Waals surface area contributed by atoms with Crippen molar-refractivity contribution < 1.29 is 21.7 Å². The molecule has 7 nitrogen and oxygen atoms in total. The van der Waals surface area contributed by atoms with Gasteiger partial charge in [0.2, 0.25) is 0 Å². The summed E-state index contributed by atoms with van der Waals surface area (Å²) in [6.07, 6.45) is 0. The van der Waals surface area contributed by atoms with Gasteiger partial charge in [-0.3, -0.25) is 4.55 Å². The highest BCUT2D eigenvalue weighted by atomic mass is 32.2. The van der Waals surface area contributed by atoms with E-state index < -0.39 is 26.1 Å². The van der Waals surface area contributed by atoms with Gasteiger partial charge in [-0.2, -0.15) is 8.42 Å². The highest BCUT2D eigenvalue weighted by Gasteiger charge is 2.19. The number of rotatable bonds is 3. The van der Waals surface area contributed by atoms with Crippen LogP contribution in [-0.2, 0) is 21.2 Å². The van der Waals surface area contributed by atoms with Gasteiger partial charge in [-0.1, -0.05) is 30.3 Å². The molecule has 3 N–H and O–H groups in total. The molecule has 1 atom stereocenters. The number of hydrogen-bond acceptors (Lipinski definition) is 4. The quantitative estimate of drug-likeness (QED) is 0.496. The van der Waals surface area contributed by atoms with E-state index in [1.54, 1.807) is 24.3 Å². The van der Waals surface area contributed by atoms with Gasteiger partial charge in [0.1, 0.15) is 11.3 Å². The summed E-state index contributed by atoms with van der Waals surface area (Å²) in [5.74, 6) is 0.426. The van der Waals surface area contributed by atoms with E-state index >= 15 is 0 Å². The Kier molecular flexibility index (Phi) is 3.57. The number of H-pyrrole nitrogens is 1. The molecule has 0 amide bonds. The summed E-state index contributed by atoms with van der Waals surface area (Å²) in [4.78, 5) is 6.47. The Morgan fingerprint density at radius 2 is 1.82 bits per heavy atom. The summed E-state index contributed by atoms with van der Waals surface area (Å²) >= 11 is -2.45. The van der Waals surface area contributed by atoms with E-state index in [4.69, 9.17) is 4.55 Å². The van der Waals surface area contributed by atoms with Gasteiger partial charge >= 0.3 is 0 Å². The lowest BCUT2D eigenvalue weighted by molar-refractivity contribution is 0.483. The maximum absolute atomic E-state index is 11.4. The number of aromatic nitrogens is 2. The molecule has 1 unspecified atom stereocenters. The fourth-order valence-corrected chi connectivity index (χ4v) is 3.23. The summed E-state index contributed by atoms with van der Waals surface area (Å²) in [6.45, 7) is 0. The highest BCUT2D eigenvalue weighted by Crippen LogP contribution is 2.27. The van der Waals surface area contributed by atoms with E-state index in [2.05, 4.69) is 9.97 Å². The zero-order valence-electron chi connectivity index (χ0n) is 10.9. The fourth-order valence-electron chi connectivity index (χ4n) is 2.08. The Morgan fingerprint density at radius 1 is 1.14 bits per heavy atom. The van der Waals surface area contributed by atoms with E-state index in [-0.39, 0.29) is 15.9 Å². The molecular formula is C13H10N2O5S2. The molecule has 0 aliphatic carbocycles. The van der Waals surface area contributed by atoms with E-state index in [1.165, 1.54) is 6.07 Å². The zero-order chi connectivity index (χ0) is 15.9. The van der Waals surface area contributed by atoms with Crippen molar-refractivity contribution in [2.24, 2.45) is 0 Å². The van der Waals surface area contributed by atoms with Crippen LogP contribution >= 0.6 is 0 Å². The predicted molar refractivity (Wildman–Crippen MR) is 80.4 cm³/mol. The first-order chi connectivity index (χ1) is 10.4. The fraction of sp³-hybridized carbons (Fsp3) is 0. The minimum atomic E-state index is -4.50. The number of hydrogen-bond donors (Lipinski definition) is 3. The van der Waals surface area contributed by atoms with Gasteiger partial charge in [0.05, 0.1) is 15.3 Å². The summed E-state index contributed by atoms with van der Waals surface area (Å²) in [5, 5.41) is 0. The van der Waals surface area contributed by atoms with Crippen LogP contribution in [-0.4, -0.2) is 31.7 Å². The number of aromatic amines is 1. The summed E-state index contributed by atoms with van der Waals surface area (Å²) in [5.41, 5.74) is 1.15. The van der Waals surface area contributed by atoms with Crippen LogP contribution in [0.1, 0.15) is 0 Å². The Hall–Kier alpha value is -2.07. The van der Waals surface area contributed by atoms with Crippen molar-refractivity contribution in [3.05, 3.63) is 42.5 Å². The second-order valence-electron chi connectivity index (χ2n) is 4.49. The van der Waals surface area contributed by atoms with Crippen molar-refractivity contribution >= 4 is 32.2 Å². The first kappa shape index (κ1) is 14.9. The normalized spacial score (nSPS) is 13.4. The second kappa shape index (κ2) is 5.29. The Balaban J connectivity index is 2.31. The minimum absolute atomic E-state index is 0.173. The molecule has 2 aromatic carbocycles. The molecule has 3 aromatic rings. The summed E-state index contributed by atoms with van der Waals surface area (Å²) in [6, 6.07) is 11.1. The predicted octanol–water partition coefficient (Wildman–Crippen LogP) is 2.06. The molecule has 0 aliphatic rings. The molecular weight excluding hydrogens is 328 g/mol. The maximum Gasteiger partial charge on any atom is 0.294 e. The van der Waals surface area contributed by atoms with Crippen molar-refractivity contribution in [1.82, 2.24) is 9.97 Å². The number of benzene rings is 2. The van der Waals surface area contributed by atoms with Crippen LogP contribution in [0, 0.1) is 0 Å². The standard InChI is InChI=1S/C13H10N2O5S2/c16-21(17)11-7-9(22(18,19)20)6-10-12(11)15-13(14-10)8-4-2-1-3-5-8/h1-7H,(H,14,15)(H,16,17)(H,18,19,20). The number of nitrogens with one attached hydrogen (secondary N) is 1. The van der Waals surface area contributed by atoms with E-state index in [0.29, 0.717) is 5.82 Å². The average molecular weight is 338 g/mol. The zero-order valence-corrected chi connectivity index (χ0v) is 12.6. The molecule has 0 saturated carbocycles. The molecule has 1 aromatic heterocycles. The van der Waals surface area contributed by atoms with Crippen LogP contribution in [0.25, 0.3) is 22.4 Å². The van der Waals surface area contributed by atoms with Gasteiger partial charge in [0, 0.05) is 5.56 Å². The van der Waals surface area contributed by atoms with E-state index in [0.717, 1.165) is 11.6 Å². The smallest absolute Gasteiger partial charge is 0.294 e. The molecule has 0 bridgehead atoms. The molecule has 0 aliphatic heterocycles. The van der Waals surface area contributed by atoms with Gasteiger partial charge in [-0.25, -0.2) is 9.19 Å². The van der Waals surface area contributed by atoms with Crippen LogP contribution < -0.4 is 0 Å². The lowest BCUT2D eigenvalue weighted by Crippen LogP contribution is -2.00. The van der Waals surface area contributed by atoms with Crippen LogP contribution in [0.4, 0.5) is 0 Å². The van der Waals surface area contributed by atoms with Crippen molar-refractivity contribution in [3.8, 4) is 11.4 Å². The first-order valence-corrected chi connectivity index (χ1v) is 8.58. The SMILES string of the molecule is O=S(O)c1cc(S(=O)(=O)O)cc2[nH]c(-c3ccccc3)nc12. The first-order valence-electron chi connectivity index (χ1n) is 6.04. The highest BCUT2D eigenvalue weighted by molar-refractivity contribution is 7.86. The Labute approximate surface area is 128 Å². The molecule has 3 rings (SSSR count). The third-order valence-corrected chi connectivity index (χ3v) is 4.58. The third-order valence-electron chi connectivity index (χ3n) is 3.06. The van der Waals surface area contributed by atoms with E-state index in [9.17, 15) is 17.2 Å². The van der Waals surface area contributed by atoms with Crippen molar-refractivity contribution in [2.45, 2.75) is 9.79 Å². The molecule has 0 fully saturated rings. The Morgan fingerprint density at radius 3 is 2.41 bits per heavy atom. The maximum atomic E-state index is 11.4. The second-order valence-corrected chi connectivity index (χ2v) is 6.85. The third kappa shape index (κ3) is 2.66. The molecule has 22 heavy (non-hydrogen) atoms. The van der Waals surface area contributed by atoms with Crippen LogP contribution in [0.3, 0.4) is 0 Å². The summed E-state index contributed by atoms with van der Waals surface area (Å²) < 4.78 is 52.4.